The maximum absolute atomic E-state index is 11.8. The number of thioether (sulfide) groups is 1. The van der Waals surface area contributed by atoms with Crippen LogP contribution in [0.5, 0.6) is 0 Å². The van der Waals surface area contributed by atoms with Gasteiger partial charge in [-0.2, -0.15) is 0 Å². The minimum atomic E-state index is -0.408. The zero-order valence-corrected chi connectivity index (χ0v) is 13.7. The molecule has 1 atom stereocenters. The molecule has 1 amide bonds. The molecular weight excluding hydrogens is 320 g/mol. The van der Waals surface area contributed by atoms with Crippen molar-refractivity contribution in [2.45, 2.75) is 18.7 Å². The predicted molar refractivity (Wildman–Crippen MR) is 90.1 cm³/mol. The van der Waals surface area contributed by atoms with Crippen LogP contribution in [0.4, 0.5) is 5.69 Å². The second-order valence-corrected chi connectivity index (χ2v) is 7.02. The Morgan fingerprint density at radius 1 is 1.41 bits per heavy atom. The Bertz CT molecular complexity index is 644. The van der Waals surface area contributed by atoms with Crippen molar-refractivity contribution < 1.29 is 9.72 Å². The van der Waals surface area contributed by atoms with Gasteiger partial charge in [0.15, 0.2) is 0 Å². The van der Waals surface area contributed by atoms with Crippen LogP contribution in [0.3, 0.4) is 0 Å². The molecule has 22 heavy (non-hydrogen) atoms. The van der Waals surface area contributed by atoms with Gasteiger partial charge >= 0.3 is 0 Å². The van der Waals surface area contributed by atoms with Crippen LogP contribution in [0.15, 0.2) is 41.8 Å². The lowest BCUT2D eigenvalue weighted by molar-refractivity contribution is -0.384. The number of carbonyl (C=O) groups is 1. The minimum absolute atomic E-state index is 0.0207. The molecule has 0 spiro atoms. The van der Waals surface area contributed by atoms with E-state index in [1.807, 2.05) is 30.5 Å². The van der Waals surface area contributed by atoms with Gasteiger partial charge in [0.2, 0.25) is 5.91 Å². The number of hydrogen-bond acceptors (Lipinski definition) is 5. The molecule has 0 radical (unpaired) electrons. The van der Waals surface area contributed by atoms with Crippen LogP contribution in [0, 0.1) is 10.1 Å². The number of nitrogens with zero attached hydrogens (tertiary/aromatic N) is 1. The van der Waals surface area contributed by atoms with Gasteiger partial charge in [0.1, 0.15) is 0 Å². The van der Waals surface area contributed by atoms with Crippen LogP contribution < -0.4 is 5.32 Å². The highest BCUT2D eigenvalue weighted by molar-refractivity contribution is 8.00. The molecular formula is C15H16N2O3S2. The van der Waals surface area contributed by atoms with Gasteiger partial charge in [-0.05, 0) is 23.9 Å². The summed E-state index contributed by atoms with van der Waals surface area (Å²) in [6.45, 7) is 2.48. The number of amides is 1. The fraction of sp³-hybridized carbons (Fsp3) is 0.267. The quantitative estimate of drug-likeness (QED) is 0.617. The average Bonchev–Trinajstić information content (AvgIpc) is 3.04. The van der Waals surface area contributed by atoms with Crippen LogP contribution in [0.2, 0.25) is 0 Å². The Kier molecular flexibility index (Phi) is 5.97. The van der Waals surface area contributed by atoms with Crippen molar-refractivity contribution in [3.05, 3.63) is 62.3 Å². The number of nitrogens with one attached hydrogen (secondary N) is 1. The summed E-state index contributed by atoms with van der Waals surface area (Å²) in [7, 11) is 0. The third-order valence-corrected chi connectivity index (χ3v) is 5.13. The van der Waals surface area contributed by atoms with E-state index in [1.165, 1.54) is 17.8 Å². The summed E-state index contributed by atoms with van der Waals surface area (Å²) in [5, 5.41) is 15.6. The lowest BCUT2D eigenvalue weighted by atomic mass is 10.1. The van der Waals surface area contributed by atoms with Crippen molar-refractivity contribution in [3.8, 4) is 0 Å². The molecule has 0 aliphatic carbocycles. The molecule has 0 bridgehead atoms. The maximum Gasteiger partial charge on any atom is 0.269 e. The molecule has 0 aliphatic heterocycles. The lowest BCUT2D eigenvalue weighted by Gasteiger charge is -2.11. The minimum Gasteiger partial charge on any atom is -0.350 e. The first-order valence-electron chi connectivity index (χ1n) is 6.71. The third-order valence-electron chi connectivity index (χ3n) is 3.05. The number of carbonyl (C=O) groups excluding carboxylic acids is 1. The van der Waals surface area contributed by atoms with E-state index in [0.29, 0.717) is 12.3 Å². The van der Waals surface area contributed by atoms with Gasteiger partial charge in [-0.25, -0.2) is 0 Å². The molecule has 0 saturated heterocycles. The number of non-ortho nitro benzene ring substituents is 1. The fourth-order valence-electron chi connectivity index (χ4n) is 1.84. The number of thiophene rings is 1. The molecule has 0 saturated carbocycles. The Morgan fingerprint density at radius 3 is 2.91 bits per heavy atom. The normalized spacial score (nSPS) is 11.9. The van der Waals surface area contributed by atoms with E-state index in [2.05, 4.69) is 5.32 Å². The molecule has 1 aromatic carbocycles. The Hall–Kier alpha value is -1.86. The van der Waals surface area contributed by atoms with Gasteiger partial charge in [-0.3, -0.25) is 14.9 Å². The average molecular weight is 336 g/mol. The van der Waals surface area contributed by atoms with Gasteiger partial charge in [-0.1, -0.05) is 18.2 Å². The zero-order valence-electron chi connectivity index (χ0n) is 12.0. The van der Waals surface area contributed by atoms with Gasteiger partial charge in [-0.15, -0.1) is 23.1 Å². The number of nitro benzene ring substituents is 1. The highest BCUT2D eigenvalue weighted by Gasteiger charge is 2.13. The van der Waals surface area contributed by atoms with E-state index >= 15 is 0 Å². The summed E-state index contributed by atoms with van der Waals surface area (Å²) >= 11 is 3.07. The second kappa shape index (κ2) is 7.95. The van der Waals surface area contributed by atoms with Crippen LogP contribution in [-0.2, 0) is 11.3 Å². The summed E-state index contributed by atoms with van der Waals surface area (Å²) in [5.41, 5.74) is 0.928. The van der Waals surface area contributed by atoms with E-state index in [4.69, 9.17) is 0 Å². The lowest BCUT2D eigenvalue weighted by Crippen LogP contribution is -2.24. The smallest absolute Gasteiger partial charge is 0.269 e. The Labute approximate surface area is 136 Å². The summed E-state index contributed by atoms with van der Waals surface area (Å²) in [6, 6.07) is 10.5. The van der Waals surface area contributed by atoms with Gasteiger partial charge in [0, 0.05) is 22.3 Å². The Morgan fingerprint density at radius 2 is 2.23 bits per heavy atom. The van der Waals surface area contributed by atoms with Crippen molar-refractivity contribution >= 4 is 34.7 Å². The topological polar surface area (TPSA) is 72.2 Å². The summed E-state index contributed by atoms with van der Waals surface area (Å²) in [4.78, 5) is 23.3. The summed E-state index contributed by atoms with van der Waals surface area (Å²) in [5.74, 6) is 0.297. The van der Waals surface area contributed by atoms with E-state index in [9.17, 15) is 14.9 Å². The van der Waals surface area contributed by atoms with Gasteiger partial charge in [0.25, 0.3) is 5.69 Å². The van der Waals surface area contributed by atoms with Crippen LogP contribution >= 0.6 is 23.1 Å². The first-order chi connectivity index (χ1) is 10.6. The standard InChI is InChI=1S/C15H16N2O3S2/c1-11(12-4-2-5-13(8-12)17(19)20)22-10-15(18)16-9-14-6-3-7-21-14/h2-8,11H,9-10H2,1H3,(H,16,18)/t11-/m1/s1. The zero-order chi connectivity index (χ0) is 15.9. The van der Waals surface area contributed by atoms with Gasteiger partial charge < -0.3 is 5.32 Å². The third kappa shape index (κ3) is 4.85. The number of benzene rings is 1. The molecule has 1 aromatic heterocycles. The molecule has 5 nitrogen and oxygen atoms in total. The molecule has 2 aromatic rings. The molecule has 0 fully saturated rings. The number of hydrogen-bond donors (Lipinski definition) is 1. The maximum atomic E-state index is 11.8. The highest BCUT2D eigenvalue weighted by atomic mass is 32.2. The van der Waals surface area contributed by atoms with Crippen molar-refractivity contribution in [2.24, 2.45) is 0 Å². The molecule has 116 valence electrons. The van der Waals surface area contributed by atoms with Crippen molar-refractivity contribution in [3.63, 3.8) is 0 Å². The largest absolute Gasteiger partial charge is 0.350 e. The first-order valence-corrected chi connectivity index (χ1v) is 8.64. The summed E-state index contributed by atoms with van der Waals surface area (Å²) in [6.07, 6.45) is 0. The number of rotatable bonds is 7. The highest BCUT2D eigenvalue weighted by Crippen LogP contribution is 2.29. The van der Waals surface area contributed by atoms with Crippen molar-refractivity contribution in [1.29, 1.82) is 0 Å². The molecule has 1 N–H and O–H groups in total. The van der Waals surface area contributed by atoms with Gasteiger partial charge in [0.05, 0.1) is 17.2 Å². The molecule has 7 heteroatoms. The molecule has 1 heterocycles. The summed E-state index contributed by atoms with van der Waals surface area (Å²) < 4.78 is 0. The number of nitro groups is 1. The van der Waals surface area contributed by atoms with Crippen LogP contribution in [0.1, 0.15) is 22.6 Å². The predicted octanol–water partition coefficient (Wildman–Crippen LogP) is 3.77. The van der Waals surface area contributed by atoms with E-state index in [0.717, 1.165) is 10.4 Å². The van der Waals surface area contributed by atoms with E-state index in [1.54, 1.807) is 23.5 Å². The SMILES string of the molecule is C[C@@H](SCC(=O)NCc1cccs1)c1cccc([N+](=O)[O-])c1. The van der Waals surface area contributed by atoms with E-state index < -0.39 is 4.92 Å². The molecule has 0 unspecified atom stereocenters. The Balaban J connectivity index is 1.81. The second-order valence-electron chi connectivity index (χ2n) is 4.66. The molecule has 2 rings (SSSR count). The first kappa shape index (κ1) is 16.5. The monoisotopic (exact) mass is 336 g/mol. The van der Waals surface area contributed by atoms with Crippen LogP contribution in [0.25, 0.3) is 0 Å². The fourth-order valence-corrected chi connectivity index (χ4v) is 3.33. The van der Waals surface area contributed by atoms with Crippen LogP contribution in [-0.4, -0.2) is 16.6 Å². The van der Waals surface area contributed by atoms with Crippen molar-refractivity contribution in [1.82, 2.24) is 5.32 Å². The van der Waals surface area contributed by atoms with Crippen molar-refractivity contribution in [2.75, 3.05) is 5.75 Å². The van der Waals surface area contributed by atoms with E-state index in [-0.39, 0.29) is 16.8 Å². The molecule has 0 aliphatic rings.